The van der Waals surface area contributed by atoms with Crippen LogP contribution in [0.25, 0.3) is 16.7 Å². The summed E-state index contributed by atoms with van der Waals surface area (Å²) < 4.78 is 17.1. The molecule has 4 aromatic rings. The first kappa shape index (κ1) is 23.4. The predicted octanol–water partition coefficient (Wildman–Crippen LogP) is 5.52. The van der Waals surface area contributed by atoms with Gasteiger partial charge < -0.3 is 19.5 Å². The number of anilines is 1. The average Bonchev–Trinajstić information content (AvgIpc) is 3.25. The number of nitrogens with zero attached hydrogens (tertiary/aromatic N) is 3. The Balaban J connectivity index is 1.62. The number of halogens is 1. The zero-order valence-corrected chi connectivity index (χ0v) is 19.9. The molecular weight excluding hydrogens is 456 g/mol. The van der Waals surface area contributed by atoms with E-state index < -0.39 is 0 Å². The number of ether oxygens (including phenoxy) is 3. The highest BCUT2D eigenvalue weighted by molar-refractivity contribution is 6.30. The molecule has 0 unspecified atom stereocenters. The summed E-state index contributed by atoms with van der Waals surface area (Å²) in [5.74, 6) is 1.09. The molecule has 4 rings (SSSR count). The van der Waals surface area contributed by atoms with Crippen LogP contribution in [0.1, 0.15) is 31.1 Å². The molecule has 1 N–H and O–H groups in total. The van der Waals surface area contributed by atoms with Crippen molar-refractivity contribution in [3.05, 3.63) is 65.2 Å². The van der Waals surface area contributed by atoms with Crippen LogP contribution in [-0.4, -0.2) is 40.7 Å². The normalized spacial score (nSPS) is 10.8. The van der Waals surface area contributed by atoms with E-state index in [9.17, 15) is 4.79 Å². The van der Waals surface area contributed by atoms with Gasteiger partial charge in [0.25, 0.3) is 5.91 Å². The van der Waals surface area contributed by atoms with Crippen LogP contribution in [-0.2, 0) is 0 Å². The second-order valence-corrected chi connectivity index (χ2v) is 7.66. The zero-order valence-electron chi connectivity index (χ0n) is 19.2. The van der Waals surface area contributed by atoms with E-state index in [0.29, 0.717) is 64.4 Å². The smallest absolute Gasteiger partial charge is 0.255 e. The molecule has 34 heavy (non-hydrogen) atoms. The summed E-state index contributed by atoms with van der Waals surface area (Å²) in [5.41, 5.74) is 3.04. The maximum Gasteiger partial charge on any atom is 0.255 e. The summed E-state index contributed by atoms with van der Waals surface area (Å²) >= 11 is 6.08. The third-order valence-corrected chi connectivity index (χ3v) is 5.08. The molecule has 1 heterocycles. The number of fused-ring (bicyclic) bond motifs is 1. The predicted molar refractivity (Wildman–Crippen MR) is 132 cm³/mol. The van der Waals surface area contributed by atoms with Gasteiger partial charge in [-0.2, -0.15) is 4.80 Å². The van der Waals surface area contributed by atoms with E-state index in [4.69, 9.17) is 25.8 Å². The Morgan fingerprint density at radius 1 is 0.882 bits per heavy atom. The van der Waals surface area contributed by atoms with Crippen molar-refractivity contribution in [2.24, 2.45) is 0 Å². The highest BCUT2D eigenvalue weighted by Gasteiger charge is 2.19. The first-order chi connectivity index (χ1) is 16.5. The van der Waals surface area contributed by atoms with Crippen LogP contribution < -0.4 is 19.5 Å². The lowest BCUT2D eigenvalue weighted by Crippen LogP contribution is -2.13. The summed E-state index contributed by atoms with van der Waals surface area (Å²) in [5, 5.41) is 12.5. The van der Waals surface area contributed by atoms with Gasteiger partial charge >= 0.3 is 0 Å². The molecule has 1 amide bonds. The van der Waals surface area contributed by atoms with Crippen LogP contribution in [0.3, 0.4) is 0 Å². The second kappa shape index (κ2) is 10.4. The molecule has 3 aromatic carbocycles. The highest BCUT2D eigenvalue weighted by atomic mass is 35.5. The van der Waals surface area contributed by atoms with Gasteiger partial charge in [0.1, 0.15) is 11.0 Å². The molecule has 0 bridgehead atoms. The van der Waals surface area contributed by atoms with Crippen molar-refractivity contribution in [2.45, 2.75) is 20.8 Å². The maximum atomic E-state index is 13.1. The number of hydrogen-bond donors (Lipinski definition) is 1. The number of aromatic nitrogens is 3. The van der Waals surface area contributed by atoms with E-state index in [1.807, 2.05) is 32.9 Å². The number of carbonyl (C=O) groups is 1. The summed E-state index contributed by atoms with van der Waals surface area (Å²) in [7, 11) is 0. The van der Waals surface area contributed by atoms with E-state index in [1.165, 1.54) is 4.80 Å². The van der Waals surface area contributed by atoms with Crippen molar-refractivity contribution >= 4 is 34.2 Å². The first-order valence-electron chi connectivity index (χ1n) is 11.0. The number of amides is 1. The van der Waals surface area contributed by atoms with Crippen LogP contribution >= 0.6 is 11.6 Å². The Morgan fingerprint density at radius 2 is 1.56 bits per heavy atom. The van der Waals surface area contributed by atoms with E-state index >= 15 is 0 Å². The highest BCUT2D eigenvalue weighted by Crippen LogP contribution is 2.39. The van der Waals surface area contributed by atoms with Crippen molar-refractivity contribution in [2.75, 3.05) is 25.1 Å². The first-order valence-corrected chi connectivity index (χ1v) is 11.4. The number of rotatable bonds is 9. The number of benzene rings is 3. The van der Waals surface area contributed by atoms with Crippen molar-refractivity contribution in [1.82, 2.24) is 15.0 Å². The van der Waals surface area contributed by atoms with E-state index in [0.717, 1.165) is 5.69 Å². The molecule has 8 nitrogen and oxygen atoms in total. The molecular formula is C25H25ClN4O4. The fourth-order valence-corrected chi connectivity index (χ4v) is 3.62. The van der Waals surface area contributed by atoms with Crippen LogP contribution in [0.2, 0.25) is 5.02 Å². The molecule has 0 spiro atoms. The minimum atomic E-state index is -0.313. The molecule has 1 aromatic heterocycles. The zero-order chi connectivity index (χ0) is 24.1. The van der Waals surface area contributed by atoms with Crippen molar-refractivity contribution in [3.8, 4) is 22.9 Å². The summed E-state index contributed by atoms with van der Waals surface area (Å²) in [4.78, 5) is 14.6. The Labute approximate surface area is 202 Å². The number of hydrogen-bond acceptors (Lipinski definition) is 6. The average molecular weight is 481 g/mol. The van der Waals surface area contributed by atoms with Gasteiger partial charge in [0.05, 0.1) is 25.5 Å². The van der Waals surface area contributed by atoms with Crippen molar-refractivity contribution < 1.29 is 19.0 Å². The van der Waals surface area contributed by atoms with Crippen molar-refractivity contribution in [1.29, 1.82) is 0 Å². The molecule has 0 aliphatic carbocycles. The van der Waals surface area contributed by atoms with E-state index in [2.05, 4.69) is 15.5 Å². The molecule has 0 aliphatic rings. The fraction of sp³-hybridized carbons (Fsp3) is 0.240. The largest absolute Gasteiger partial charge is 0.490 e. The Kier molecular flexibility index (Phi) is 7.18. The van der Waals surface area contributed by atoms with Crippen LogP contribution in [0, 0.1) is 0 Å². The number of nitrogens with one attached hydrogen (secondary N) is 1. The van der Waals surface area contributed by atoms with Gasteiger partial charge in [-0.1, -0.05) is 17.7 Å². The van der Waals surface area contributed by atoms with E-state index in [1.54, 1.807) is 42.5 Å². The lowest BCUT2D eigenvalue weighted by atomic mass is 10.1. The standard InChI is InChI=1S/C25H25ClN4O4/c1-4-32-22-12-16(13-23(33-5-2)24(22)34-6-3)25(31)27-18-10-11-20-21(15-18)29-30(28-20)19-9-7-8-17(26)14-19/h7-15H,4-6H2,1-3H3,(H,27,31). The monoisotopic (exact) mass is 480 g/mol. The summed E-state index contributed by atoms with van der Waals surface area (Å²) in [6.07, 6.45) is 0. The molecule has 0 saturated heterocycles. The van der Waals surface area contributed by atoms with Gasteiger partial charge in [-0.25, -0.2) is 0 Å². The topological polar surface area (TPSA) is 87.5 Å². The van der Waals surface area contributed by atoms with Crippen LogP contribution in [0.5, 0.6) is 17.2 Å². The SMILES string of the molecule is CCOc1cc(C(=O)Nc2ccc3nn(-c4cccc(Cl)c4)nc3c2)cc(OCC)c1OCC. The van der Waals surface area contributed by atoms with Crippen molar-refractivity contribution in [3.63, 3.8) is 0 Å². The number of carbonyl (C=O) groups excluding carboxylic acids is 1. The molecule has 9 heteroatoms. The maximum absolute atomic E-state index is 13.1. The van der Waals surface area contributed by atoms with Crippen LogP contribution in [0.15, 0.2) is 54.6 Å². The second-order valence-electron chi connectivity index (χ2n) is 7.23. The molecule has 176 valence electrons. The lowest BCUT2D eigenvalue weighted by molar-refractivity contribution is 0.102. The quantitative estimate of drug-likeness (QED) is 0.339. The molecule has 0 saturated carbocycles. The lowest BCUT2D eigenvalue weighted by Gasteiger charge is -2.17. The minimum Gasteiger partial charge on any atom is -0.490 e. The van der Waals surface area contributed by atoms with Gasteiger partial charge in [0, 0.05) is 16.3 Å². The minimum absolute atomic E-state index is 0.313. The van der Waals surface area contributed by atoms with Gasteiger partial charge in [0.2, 0.25) is 5.75 Å². The Morgan fingerprint density at radius 3 is 2.21 bits per heavy atom. The third kappa shape index (κ3) is 5.07. The van der Waals surface area contributed by atoms with E-state index in [-0.39, 0.29) is 5.91 Å². The molecule has 0 aliphatic heterocycles. The fourth-order valence-electron chi connectivity index (χ4n) is 3.43. The van der Waals surface area contributed by atoms with Crippen LogP contribution in [0.4, 0.5) is 5.69 Å². The van der Waals surface area contributed by atoms with Gasteiger partial charge in [-0.15, -0.1) is 10.2 Å². The molecule has 0 radical (unpaired) electrons. The van der Waals surface area contributed by atoms with Gasteiger partial charge in [-0.05, 0) is 69.3 Å². The Hall–Kier alpha value is -3.78. The summed E-state index contributed by atoms with van der Waals surface area (Å²) in [6.45, 7) is 6.92. The molecule has 0 atom stereocenters. The van der Waals surface area contributed by atoms with Gasteiger partial charge in [-0.3, -0.25) is 4.79 Å². The molecule has 0 fully saturated rings. The summed E-state index contributed by atoms with van der Waals surface area (Å²) in [6, 6.07) is 15.9. The third-order valence-electron chi connectivity index (χ3n) is 4.85. The Bertz CT molecular complexity index is 1290. The van der Waals surface area contributed by atoms with Gasteiger partial charge in [0.15, 0.2) is 11.5 Å².